The smallest absolute Gasteiger partial charge is 0.258 e. The Labute approximate surface area is 169 Å². The fourth-order valence-electron chi connectivity index (χ4n) is 3.00. The molecule has 0 aliphatic rings. The number of rotatable bonds is 6. The second kappa shape index (κ2) is 8.45. The number of nitrogens with zero attached hydrogens (tertiary/aromatic N) is 2. The Kier molecular flexibility index (Phi) is 6.67. The lowest BCUT2D eigenvalue weighted by Crippen LogP contribution is -2.31. The summed E-state index contributed by atoms with van der Waals surface area (Å²) in [7, 11) is -1.91. The predicted octanol–water partition coefficient (Wildman–Crippen LogP) is 4.29. The van der Waals surface area contributed by atoms with E-state index in [0.29, 0.717) is 18.7 Å². The third-order valence-corrected chi connectivity index (χ3v) is 6.90. The summed E-state index contributed by atoms with van der Waals surface area (Å²) in [5.41, 5.74) is 2.32. The largest absolute Gasteiger partial charge is 0.311 e. The average Bonchev–Trinajstić information content (AvgIpc) is 2.67. The van der Waals surface area contributed by atoms with Crippen molar-refractivity contribution in [3.8, 4) is 0 Å². The molecule has 0 saturated heterocycles. The number of anilines is 1. The van der Waals surface area contributed by atoms with Crippen molar-refractivity contribution < 1.29 is 13.2 Å². The quantitative estimate of drug-likeness (QED) is 0.724. The molecule has 28 heavy (non-hydrogen) atoms. The lowest BCUT2D eigenvalue weighted by atomic mass is 9.87. The van der Waals surface area contributed by atoms with E-state index in [1.165, 1.54) is 26.9 Å². The van der Waals surface area contributed by atoms with E-state index in [1.54, 1.807) is 33.0 Å². The first-order valence-corrected chi connectivity index (χ1v) is 10.9. The van der Waals surface area contributed by atoms with Gasteiger partial charge in [0, 0.05) is 31.4 Å². The third kappa shape index (κ3) is 4.62. The minimum absolute atomic E-state index is 0.0359. The first-order valence-electron chi connectivity index (χ1n) is 9.51. The zero-order valence-corrected chi connectivity index (χ0v) is 18.4. The molecule has 2 rings (SSSR count). The van der Waals surface area contributed by atoms with Crippen LogP contribution < -0.4 is 4.90 Å². The normalized spacial score (nSPS) is 12.2. The summed E-state index contributed by atoms with van der Waals surface area (Å²) in [4.78, 5) is 14.6. The van der Waals surface area contributed by atoms with Gasteiger partial charge >= 0.3 is 0 Å². The predicted molar refractivity (Wildman–Crippen MR) is 114 cm³/mol. The standard InChI is InChI=1S/C22H30N2O3S/c1-7-24(8-2)28(26,27)20-11-9-10-17(16-20)21(25)23(6)19-14-12-18(13-15-19)22(3,4)5/h9-16H,7-8H2,1-6H3. The minimum Gasteiger partial charge on any atom is -0.311 e. The van der Waals surface area contributed by atoms with Crippen LogP contribution in [0.4, 0.5) is 5.69 Å². The molecule has 1 amide bonds. The molecule has 0 radical (unpaired) electrons. The summed E-state index contributed by atoms with van der Waals surface area (Å²) in [6, 6.07) is 14.1. The molecule has 0 atom stereocenters. The molecule has 0 unspecified atom stereocenters. The lowest BCUT2D eigenvalue weighted by molar-refractivity contribution is 0.0993. The third-order valence-electron chi connectivity index (χ3n) is 4.85. The summed E-state index contributed by atoms with van der Waals surface area (Å²) in [5.74, 6) is -0.250. The Morgan fingerprint density at radius 2 is 1.54 bits per heavy atom. The molecular weight excluding hydrogens is 372 g/mol. The number of carbonyl (C=O) groups is 1. The van der Waals surface area contributed by atoms with Gasteiger partial charge in [-0.25, -0.2) is 8.42 Å². The van der Waals surface area contributed by atoms with Gasteiger partial charge in [-0.3, -0.25) is 4.79 Å². The van der Waals surface area contributed by atoms with E-state index in [4.69, 9.17) is 0 Å². The van der Waals surface area contributed by atoms with Gasteiger partial charge in [-0.2, -0.15) is 4.31 Å². The monoisotopic (exact) mass is 402 g/mol. The second-order valence-corrected chi connectivity index (χ2v) is 9.72. The Balaban J connectivity index is 2.32. The van der Waals surface area contributed by atoms with Gasteiger partial charge in [-0.15, -0.1) is 0 Å². The molecule has 2 aromatic rings. The first-order chi connectivity index (χ1) is 13.0. The van der Waals surface area contributed by atoms with Crippen LogP contribution in [0, 0.1) is 0 Å². The maximum Gasteiger partial charge on any atom is 0.258 e. The van der Waals surface area contributed by atoms with Crippen LogP contribution in [0.3, 0.4) is 0 Å². The van der Waals surface area contributed by atoms with Crippen molar-refractivity contribution >= 4 is 21.6 Å². The van der Waals surface area contributed by atoms with Crippen LogP contribution in [-0.2, 0) is 15.4 Å². The number of benzene rings is 2. The van der Waals surface area contributed by atoms with Gasteiger partial charge in [0.2, 0.25) is 10.0 Å². The van der Waals surface area contributed by atoms with Crippen LogP contribution in [0.2, 0.25) is 0 Å². The molecule has 6 heteroatoms. The van der Waals surface area contributed by atoms with Crippen molar-refractivity contribution in [3.05, 3.63) is 59.7 Å². The van der Waals surface area contributed by atoms with Crippen molar-refractivity contribution in [3.63, 3.8) is 0 Å². The highest BCUT2D eigenvalue weighted by molar-refractivity contribution is 7.89. The average molecular weight is 403 g/mol. The van der Waals surface area contributed by atoms with E-state index in [0.717, 1.165) is 5.69 Å². The highest BCUT2D eigenvalue weighted by atomic mass is 32.2. The van der Waals surface area contributed by atoms with Crippen LogP contribution in [-0.4, -0.2) is 38.8 Å². The SMILES string of the molecule is CCN(CC)S(=O)(=O)c1cccc(C(=O)N(C)c2ccc(C(C)(C)C)cc2)c1. The molecule has 0 saturated carbocycles. The Morgan fingerprint density at radius 3 is 2.04 bits per heavy atom. The molecule has 0 aliphatic carbocycles. The van der Waals surface area contributed by atoms with Crippen LogP contribution >= 0.6 is 0 Å². The topological polar surface area (TPSA) is 57.7 Å². The van der Waals surface area contributed by atoms with E-state index in [9.17, 15) is 13.2 Å². The number of amides is 1. The number of sulfonamides is 1. The molecular formula is C22H30N2O3S. The summed E-state index contributed by atoms with van der Waals surface area (Å²) in [6.45, 7) is 10.8. The van der Waals surface area contributed by atoms with Gasteiger partial charge in [-0.1, -0.05) is 52.8 Å². The summed E-state index contributed by atoms with van der Waals surface area (Å²) >= 11 is 0. The maximum atomic E-state index is 12.9. The Morgan fingerprint density at radius 1 is 0.964 bits per heavy atom. The molecule has 0 aliphatic heterocycles. The highest BCUT2D eigenvalue weighted by Gasteiger charge is 2.23. The van der Waals surface area contributed by atoms with Crippen LogP contribution in [0.1, 0.15) is 50.5 Å². The number of hydrogen-bond acceptors (Lipinski definition) is 3. The zero-order chi connectivity index (χ0) is 21.1. The van der Waals surface area contributed by atoms with Gasteiger partial charge < -0.3 is 4.90 Å². The van der Waals surface area contributed by atoms with E-state index >= 15 is 0 Å². The first kappa shape index (κ1) is 22.1. The maximum absolute atomic E-state index is 12.9. The fourth-order valence-corrected chi connectivity index (χ4v) is 4.50. The Bertz CT molecular complexity index is 925. The van der Waals surface area contributed by atoms with Crippen LogP contribution in [0.15, 0.2) is 53.4 Å². The number of carbonyl (C=O) groups excluding carboxylic acids is 1. The van der Waals surface area contributed by atoms with E-state index in [2.05, 4.69) is 20.8 Å². The highest BCUT2D eigenvalue weighted by Crippen LogP contribution is 2.25. The minimum atomic E-state index is -3.61. The summed E-state index contributed by atoms with van der Waals surface area (Å²) in [6.07, 6.45) is 0. The van der Waals surface area contributed by atoms with E-state index in [1.807, 2.05) is 24.3 Å². The van der Waals surface area contributed by atoms with Gasteiger partial charge in [0.25, 0.3) is 5.91 Å². The molecule has 0 fully saturated rings. The van der Waals surface area contributed by atoms with Crippen molar-refractivity contribution in [2.75, 3.05) is 25.0 Å². The van der Waals surface area contributed by atoms with Crippen molar-refractivity contribution in [1.29, 1.82) is 0 Å². The van der Waals surface area contributed by atoms with Crippen LogP contribution in [0.25, 0.3) is 0 Å². The van der Waals surface area contributed by atoms with E-state index in [-0.39, 0.29) is 16.2 Å². The summed E-state index contributed by atoms with van der Waals surface area (Å²) in [5, 5.41) is 0. The van der Waals surface area contributed by atoms with Gasteiger partial charge in [0.1, 0.15) is 0 Å². The molecule has 0 aromatic heterocycles. The lowest BCUT2D eigenvalue weighted by Gasteiger charge is -2.22. The number of hydrogen-bond donors (Lipinski definition) is 0. The van der Waals surface area contributed by atoms with Gasteiger partial charge in [0.15, 0.2) is 0 Å². The molecule has 0 spiro atoms. The molecule has 5 nitrogen and oxygen atoms in total. The van der Waals surface area contributed by atoms with Gasteiger partial charge in [-0.05, 0) is 41.3 Å². The summed E-state index contributed by atoms with van der Waals surface area (Å²) < 4.78 is 26.9. The second-order valence-electron chi connectivity index (χ2n) is 7.78. The molecule has 0 N–H and O–H groups in total. The van der Waals surface area contributed by atoms with Crippen molar-refractivity contribution in [1.82, 2.24) is 4.31 Å². The molecule has 2 aromatic carbocycles. The van der Waals surface area contributed by atoms with Gasteiger partial charge in [0.05, 0.1) is 4.90 Å². The molecule has 0 heterocycles. The zero-order valence-electron chi connectivity index (χ0n) is 17.6. The van der Waals surface area contributed by atoms with Crippen molar-refractivity contribution in [2.24, 2.45) is 0 Å². The fraction of sp³-hybridized carbons (Fsp3) is 0.409. The van der Waals surface area contributed by atoms with E-state index < -0.39 is 10.0 Å². The molecule has 152 valence electrons. The van der Waals surface area contributed by atoms with Crippen molar-refractivity contribution in [2.45, 2.75) is 44.9 Å². The molecule has 0 bridgehead atoms. The van der Waals surface area contributed by atoms with Crippen LogP contribution in [0.5, 0.6) is 0 Å². The Hall–Kier alpha value is -2.18.